The number of alkyl halides is 3. The van der Waals surface area contributed by atoms with Crippen molar-refractivity contribution in [2.45, 2.75) is 64.4 Å². The quantitative estimate of drug-likeness (QED) is 0.137. The fourth-order valence-electron chi connectivity index (χ4n) is 4.99. The third-order valence-electron chi connectivity index (χ3n) is 7.20. The molecule has 0 saturated heterocycles. The van der Waals surface area contributed by atoms with Crippen LogP contribution in [0.2, 0.25) is 0 Å². The number of hydrogen-bond acceptors (Lipinski definition) is 9. The van der Waals surface area contributed by atoms with Gasteiger partial charge in [-0.05, 0) is 55.4 Å². The summed E-state index contributed by atoms with van der Waals surface area (Å²) in [5.74, 6) is 3.34. The van der Waals surface area contributed by atoms with Gasteiger partial charge in [0.05, 0.1) is 5.52 Å². The molecule has 229 valence electrons. The van der Waals surface area contributed by atoms with Crippen LogP contribution in [-0.4, -0.2) is 63.6 Å². The van der Waals surface area contributed by atoms with Crippen LogP contribution >= 0.6 is 11.3 Å². The van der Waals surface area contributed by atoms with Crippen LogP contribution in [0, 0.1) is 11.8 Å². The Morgan fingerprint density at radius 2 is 1.91 bits per heavy atom. The molecule has 1 radical (unpaired) electrons. The molecule has 2 heterocycles. The van der Waals surface area contributed by atoms with Crippen molar-refractivity contribution in [3.63, 3.8) is 0 Å². The molecule has 2 saturated carbocycles. The minimum absolute atomic E-state index is 0.0201. The predicted molar refractivity (Wildman–Crippen MR) is 151 cm³/mol. The fourth-order valence-corrected chi connectivity index (χ4v) is 5.87. The molecule has 3 amide bonds. The molecule has 0 bridgehead atoms. The monoisotopic (exact) mass is 619 g/mol. The number of aromatic nitrogens is 2. The normalized spacial score (nSPS) is 15.8. The Morgan fingerprint density at radius 3 is 2.49 bits per heavy atom. The molecule has 0 aliphatic heterocycles. The topological polar surface area (TPSA) is 140 Å². The van der Waals surface area contributed by atoms with Gasteiger partial charge >= 0.3 is 12.4 Å². The summed E-state index contributed by atoms with van der Waals surface area (Å²) in [5.41, 5.74) is 1.47. The van der Waals surface area contributed by atoms with Gasteiger partial charge in [-0.25, -0.2) is 15.6 Å². The molecular weight excluding hydrogens is 589 g/mol. The highest BCUT2D eigenvalue weighted by Gasteiger charge is 2.40. The highest BCUT2D eigenvalue weighted by molar-refractivity contribution is 7.14. The van der Waals surface area contributed by atoms with E-state index in [4.69, 9.17) is 5.84 Å². The van der Waals surface area contributed by atoms with E-state index in [1.807, 2.05) is 11.7 Å². The number of hydrogen-bond donors (Lipinski definition) is 2. The number of nitrogens with one attached hydrogen (secondary N) is 1. The minimum Gasteiger partial charge on any atom is -0.406 e. The first kappa shape index (κ1) is 30.5. The van der Waals surface area contributed by atoms with Gasteiger partial charge in [-0.15, -0.1) is 24.5 Å². The van der Waals surface area contributed by atoms with E-state index >= 15 is 0 Å². The smallest absolute Gasteiger partial charge is 0.406 e. The average molecular weight is 620 g/mol. The molecule has 1 atom stereocenters. The average Bonchev–Trinajstić information content (AvgIpc) is 3.87. The molecule has 3 aromatic rings. The summed E-state index contributed by atoms with van der Waals surface area (Å²) in [6.07, 6.45) is 0.661. The van der Waals surface area contributed by atoms with E-state index in [1.54, 1.807) is 0 Å². The summed E-state index contributed by atoms with van der Waals surface area (Å²) >= 11 is 1.25. The van der Waals surface area contributed by atoms with E-state index in [-0.39, 0.29) is 28.9 Å². The highest BCUT2D eigenvalue weighted by Crippen LogP contribution is 2.37. The van der Waals surface area contributed by atoms with Gasteiger partial charge in [-0.2, -0.15) is 0 Å². The van der Waals surface area contributed by atoms with E-state index in [1.165, 1.54) is 16.7 Å². The maximum atomic E-state index is 14.1. The number of anilines is 1. The molecule has 15 heteroatoms. The maximum Gasteiger partial charge on any atom is 0.573 e. The van der Waals surface area contributed by atoms with Gasteiger partial charge in [0.2, 0.25) is 6.29 Å². The molecule has 43 heavy (non-hydrogen) atoms. The number of halogens is 3. The van der Waals surface area contributed by atoms with E-state index in [0.29, 0.717) is 17.1 Å². The number of nitrogen functional groups attached to an aromatic ring is 1. The molecule has 1 aromatic carbocycles. The first-order chi connectivity index (χ1) is 20.4. The summed E-state index contributed by atoms with van der Waals surface area (Å²) in [6.45, 7) is 4.88. The van der Waals surface area contributed by atoms with Gasteiger partial charge in [0.25, 0.3) is 11.8 Å². The van der Waals surface area contributed by atoms with Crippen LogP contribution in [0.5, 0.6) is 5.75 Å². The summed E-state index contributed by atoms with van der Waals surface area (Å²) in [6, 6.07) is 2.29. The summed E-state index contributed by atoms with van der Waals surface area (Å²) in [5, 5.41) is 2.17. The largest absolute Gasteiger partial charge is 0.573 e. The zero-order valence-electron chi connectivity index (χ0n) is 23.4. The molecule has 0 unspecified atom stereocenters. The van der Waals surface area contributed by atoms with Crippen molar-refractivity contribution in [3.8, 4) is 5.75 Å². The fraction of sp³-hybridized carbons (Fsp3) is 0.464. The lowest BCUT2D eigenvalue weighted by atomic mass is 10.1. The van der Waals surface area contributed by atoms with Crippen molar-refractivity contribution < 1.29 is 37.1 Å². The number of amides is 3. The lowest BCUT2D eigenvalue weighted by molar-refractivity contribution is -0.274. The number of nitrogens with two attached hydrogens (primary N) is 1. The molecule has 2 aliphatic carbocycles. The van der Waals surface area contributed by atoms with Crippen molar-refractivity contribution in [2.24, 2.45) is 17.7 Å². The van der Waals surface area contributed by atoms with Crippen LogP contribution in [0.4, 0.5) is 23.1 Å². The number of carbonyl (C=O) groups excluding carboxylic acids is 4. The number of rotatable bonds is 11. The van der Waals surface area contributed by atoms with Crippen LogP contribution in [0.3, 0.4) is 0 Å². The number of hydrazine groups is 1. The van der Waals surface area contributed by atoms with Crippen molar-refractivity contribution >= 4 is 51.5 Å². The van der Waals surface area contributed by atoms with Crippen LogP contribution < -0.4 is 20.9 Å². The SMILES string of the molecule is CC(C)CN(c1nc(C(=O)N(C(=O)c2cc3cc(OC(F)(F)F)ccc3n2C(=O)NN)[C@H]([C]=O)CC2CC2)cs1)C1CC1. The van der Waals surface area contributed by atoms with Crippen LogP contribution in [0.15, 0.2) is 29.6 Å². The van der Waals surface area contributed by atoms with Gasteiger partial charge in [0.1, 0.15) is 23.2 Å². The van der Waals surface area contributed by atoms with Crippen LogP contribution in [-0.2, 0) is 4.79 Å². The third kappa shape index (κ3) is 6.82. The van der Waals surface area contributed by atoms with Gasteiger partial charge in [0.15, 0.2) is 5.13 Å². The molecule has 0 spiro atoms. The zero-order valence-corrected chi connectivity index (χ0v) is 24.2. The van der Waals surface area contributed by atoms with Crippen molar-refractivity contribution in [1.82, 2.24) is 19.9 Å². The second-order valence-electron chi connectivity index (χ2n) is 11.2. The predicted octanol–water partition coefficient (Wildman–Crippen LogP) is 4.61. The number of nitrogens with zero attached hydrogens (tertiary/aromatic N) is 4. The van der Waals surface area contributed by atoms with Gasteiger partial charge < -0.3 is 9.64 Å². The Hall–Kier alpha value is -3.98. The number of carbonyl (C=O) groups is 3. The highest BCUT2D eigenvalue weighted by atomic mass is 32.1. The minimum atomic E-state index is -4.97. The molecule has 2 fully saturated rings. The molecule has 2 aliphatic rings. The lowest BCUT2D eigenvalue weighted by Crippen LogP contribution is -2.47. The van der Waals surface area contributed by atoms with E-state index in [2.05, 4.69) is 28.5 Å². The van der Waals surface area contributed by atoms with Gasteiger partial charge in [-0.3, -0.25) is 29.3 Å². The van der Waals surface area contributed by atoms with Crippen LogP contribution in [0.25, 0.3) is 10.9 Å². The van der Waals surface area contributed by atoms with Crippen molar-refractivity contribution in [2.75, 3.05) is 11.4 Å². The molecule has 5 rings (SSSR count). The van der Waals surface area contributed by atoms with Crippen LogP contribution in [0.1, 0.15) is 66.9 Å². The summed E-state index contributed by atoms with van der Waals surface area (Å²) in [4.78, 5) is 60.5. The lowest BCUT2D eigenvalue weighted by Gasteiger charge is -2.26. The second-order valence-corrected chi connectivity index (χ2v) is 12.0. The number of benzene rings is 1. The Bertz CT molecular complexity index is 1550. The van der Waals surface area contributed by atoms with Gasteiger partial charge in [-0.1, -0.05) is 26.7 Å². The second kappa shape index (κ2) is 12.0. The van der Waals surface area contributed by atoms with E-state index < -0.39 is 41.7 Å². The van der Waals surface area contributed by atoms with Gasteiger partial charge in [0, 0.05) is 23.4 Å². The number of thiazole rings is 1. The molecular formula is C28H30F3N6O5S. The first-order valence-electron chi connectivity index (χ1n) is 13.8. The van der Waals surface area contributed by atoms with Crippen molar-refractivity contribution in [3.05, 3.63) is 41.0 Å². The molecule has 3 N–H and O–H groups in total. The Labute approximate surface area is 248 Å². The summed E-state index contributed by atoms with van der Waals surface area (Å²) < 4.78 is 43.3. The standard InChI is InChI=1S/C28H30F3N6O5S/c1-15(2)12-35(18-5-6-18)27-33-21(14-43-27)24(39)36(19(13-38)9-16-3-4-16)25(40)23-11-17-10-20(42-28(29,30)31)7-8-22(17)37(23)26(41)34-32/h7-8,10-11,14-16,18-19H,3-6,9,12,32H2,1-2H3,(H,34,41)/t19-/m0/s1. The third-order valence-corrected chi connectivity index (χ3v) is 8.08. The summed E-state index contributed by atoms with van der Waals surface area (Å²) in [7, 11) is 0. The van der Waals surface area contributed by atoms with E-state index in [0.717, 1.165) is 66.0 Å². The molecule has 11 nitrogen and oxygen atoms in total. The zero-order chi connectivity index (χ0) is 31.1. The molecule has 2 aromatic heterocycles. The number of fused-ring (bicyclic) bond motifs is 1. The Balaban J connectivity index is 1.55. The number of imide groups is 1. The van der Waals surface area contributed by atoms with E-state index in [9.17, 15) is 32.3 Å². The first-order valence-corrected chi connectivity index (χ1v) is 14.7. The van der Waals surface area contributed by atoms with Crippen molar-refractivity contribution in [1.29, 1.82) is 0 Å². The Kier molecular flexibility index (Phi) is 8.47. The maximum absolute atomic E-state index is 14.1. The number of ether oxygens (including phenoxy) is 1. The Morgan fingerprint density at radius 1 is 1.19 bits per heavy atom.